The number of carbonyl (C=O) groups is 2. The first-order chi connectivity index (χ1) is 11.1. The molecule has 0 aliphatic carbocycles. The van der Waals surface area contributed by atoms with Gasteiger partial charge in [-0.3, -0.25) is 9.59 Å². The molecule has 0 aromatic heterocycles. The van der Waals surface area contributed by atoms with Gasteiger partial charge in [0, 0.05) is 26.1 Å². The Morgan fingerprint density at radius 3 is 2.70 bits per heavy atom. The van der Waals surface area contributed by atoms with Gasteiger partial charge in [0.15, 0.2) is 0 Å². The monoisotopic (exact) mass is 319 g/mol. The predicted octanol–water partition coefficient (Wildman–Crippen LogP) is 0.769. The van der Waals surface area contributed by atoms with E-state index in [1.807, 2.05) is 31.3 Å². The van der Waals surface area contributed by atoms with Crippen molar-refractivity contribution in [3.05, 3.63) is 29.8 Å². The molecule has 2 rings (SSSR count). The summed E-state index contributed by atoms with van der Waals surface area (Å²) in [6, 6.07) is 7.64. The van der Waals surface area contributed by atoms with Crippen LogP contribution in [0.25, 0.3) is 0 Å². The highest BCUT2D eigenvalue weighted by molar-refractivity contribution is 5.89. The van der Waals surface area contributed by atoms with Crippen LogP contribution >= 0.6 is 0 Å². The second-order valence-electron chi connectivity index (χ2n) is 5.77. The fourth-order valence-electron chi connectivity index (χ4n) is 2.67. The molecule has 1 atom stereocenters. The van der Waals surface area contributed by atoms with Crippen molar-refractivity contribution in [1.29, 1.82) is 0 Å². The third-order valence-corrected chi connectivity index (χ3v) is 4.02. The maximum absolute atomic E-state index is 12.1. The van der Waals surface area contributed by atoms with Gasteiger partial charge in [-0.25, -0.2) is 0 Å². The normalized spacial score (nSPS) is 17.4. The quantitative estimate of drug-likeness (QED) is 0.694. The van der Waals surface area contributed by atoms with E-state index >= 15 is 0 Å². The largest absolute Gasteiger partial charge is 0.497 e. The van der Waals surface area contributed by atoms with Crippen molar-refractivity contribution in [2.75, 3.05) is 33.8 Å². The van der Waals surface area contributed by atoms with Gasteiger partial charge in [0.25, 0.3) is 0 Å². The number of rotatable bonds is 8. The van der Waals surface area contributed by atoms with Crippen LogP contribution in [-0.2, 0) is 16.1 Å². The summed E-state index contributed by atoms with van der Waals surface area (Å²) in [4.78, 5) is 26.0. The molecular weight excluding hydrogens is 294 g/mol. The SMILES string of the molecule is CNCCCNC(=O)C1CC(=O)N(Cc2ccc(OC)cc2)C1. The first-order valence-corrected chi connectivity index (χ1v) is 7.97. The van der Waals surface area contributed by atoms with E-state index in [9.17, 15) is 9.59 Å². The van der Waals surface area contributed by atoms with E-state index in [4.69, 9.17) is 4.74 Å². The van der Waals surface area contributed by atoms with Crippen LogP contribution in [0.3, 0.4) is 0 Å². The Bertz CT molecular complexity index is 530. The number of methoxy groups -OCH3 is 1. The van der Waals surface area contributed by atoms with Crippen molar-refractivity contribution < 1.29 is 14.3 Å². The molecule has 0 saturated carbocycles. The van der Waals surface area contributed by atoms with Gasteiger partial charge in [0.1, 0.15) is 5.75 Å². The van der Waals surface area contributed by atoms with Crippen molar-refractivity contribution in [2.24, 2.45) is 5.92 Å². The molecule has 1 aliphatic rings. The highest BCUT2D eigenvalue weighted by Crippen LogP contribution is 2.21. The number of nitrogens with zero attached hydrogens (tertiary/aromatic N) is 1. The second kappa shape index (κ2) is 8.53. The minimum Gasteiger partial charge on any atom is -0.497 e. The fraction of sp³-hybridized carbons (Fsp3) is 0.529. The number of hydrogen-bond acceptors (Lipinski definition) is 4. The van der Waals surface area contributed by atoms with E-state index in [-0.39, 0.29) is 17.7 Å². The number of ether oxygens (including phenoxy) is 1. The Kier molecular flexibility index (Phi) is 6.40. The molecule has 2 amide bonds. The number of amides is 2. The molecule has 23 heavy (non-hydrogen) atoms. The minimum atomic E-state index is -0.240. The third-order valence-electron chi connectivity index (χ3n) is 4.02. The van der Waals surface area contributed by atoms with E-state index in [0.717, 1.165) is 24.3 Å². The van der Waals surface area contributed by atoms with Crippen LogP contribution in [0.2, 0.25) is 0 Å². The third kappa shape index (κ3) is 4.96. The number of nitrogens with one attached hydrogen (secondary N) is 2. The standard InChI is InChI=1S/C17H25N3O3/c1-18-8-3-9-19-17(22)14-10-16(21)20(12-14)11-13-4-6-15(23-2)7-5-13/h4-7,14,18H,3,8-12H2,1-2H3,(H,19,22). The molecule has 1 aromatic carbocycles. The molecule has 2 N–H and O–H groups in total. The minimum absolute atomic E-state index is 0.0216. The van der Waals surface area contributed by atoms with E-state index in [1.165, 1.54) is 0 Å². The highest BCUT2D eigenvalue weighted by Gasteiger charge is 2.33. The Morgan fingerprint density at radius 2 is 2.04 bits per heavy atom. The van der Waals surface area contributed by atoms with Gasteiger partial charge >= 0.3 is 0 Å². The fourth-order valence-corrected chi connectivity index (χ4v) is 2.67. The Balaban J connectivity index is 1.82. The summed E-state index contributed by atoms with van der Waals surface area (Å²) in [7, 11) is 3.51. The molecule has 6 heteroatoms. The highest BCUT2D eigenvalue weighted by atomic mass is 16.5. The zero-order chi connectivity index (χ0) is 16.7. The van der Waals surface area contributed by atoms with Crippen molar-refractivity contribution >= 4 is 11.8 Å². The van der Waals surface area contributed by atoms with Gasteiger partial charge in [-0.05, 0) is 37.7 Å². The number of benzene rings is 1. The molecule has 1 aliphatic heterocycles. The maximum atomic E-state index is 12.1. The van der Waals surface area contributed by atoms with E-state index in [2.05, 4.69) is 10.6 Å². The summed E-state index contributed by atoms with van der Waals surface area (Å²) in [6.45, 7) is 2.53. The molecule has 1 aromatic rings. The molecule has 1 fully saturated rings. The first kappa shape index (κ1) is 17.3. The molecule has 6 nitrogen and oxygen atoms in total. The summed E-state index contributed by atoms with van der Waals surface area (Å²) in [5, 5.41) is 5.94. The average Bonchev–Trinajstić information content (AvgIpc) is 2.93. The van der Waals surface area contributed by atoms with Gasteiger partial charge in [0.2, 0.25) is 11.8 Å². The molecule has 126 valence electrons. The van der Waals surface area contributed by atoms with Crippen molar-refractivity contribution in [2.45, 2.75) is 19.4 Å². The predicted molar refractivity (Wildman–Crippen MR) is 88.1 cm³/mol. The van der Waals surface area contributed by atoms with Gasteiger partial charge in [-0.2, -0.15) is 0 Å². The average molecular weight is 319 g/mol. The smallest absolute Gasteiger partial charge is 0.225 e. The van der Waals surface area contributed by atoms with Crippen LogP contribution in [0.4, 0.5) is 0 Å². The van der Waals surface area contributed by atoms with Gasteiger partial charge in [-0.15, -0.1) is 0 Å². The lowest BCUT2D eigenvalue weighted by atomic mass is 10.1. The van der Waals surface area contributed by atoms with Crippen LogP contribution < -0.4 is 15.4 Å². The zero-order valence-electron chi connectivity index (χ0n) is 13.8. The number of carbonyl (C=O) groups excluding carboxylic acids is 2. The van der Waals surface area contributed by atoms with Gasteiger partial charge in [-0.1, -0.05) is 12.1 Å². The van der Waals surface area contributed by atoms with Crippen LogP contribution in [0.15, 0.2) is 24.3 Å². The molecule has 0 bridgehead atoms. The summed E-state index contributed by atoms with van der Waals surface area (Å²) in [5.74, 6) is 0.568. The Morgan fingerprint density at radius 1 is 1.30 bits per heavy atom. The van der Waals surface area contributed by atoms with Crippen LogP contribution in [0.5, 0.6) is 5.75 Å². The van der Waals surface area contributed by atoms with Crippen LogP contribution in [0, 0.1) is 5.92 Å². The molecule has 1 heterocycles. The Hall–Kier alpha value is -2.08. The van der Waals surface area contributed by atoms with E-state index < -0.39 is 0 Å². The van der Waals surface area contributed by atoms with E-state index in [0.29, 0.717) is 26.1 Å². The summed E-state index contributed by atoms with van der Waals surface area (Å²) in [6.07, 6.45) is 1.19. The molecular formula is C17H25N3O3. The molecule has 1 saturated heterocycles. The van der Waals surface area contributed by atoms with Crippen molar-refractivity contribution in [1.82, 2.24) is 15.5 Å². The van der Waals surface area contributed by atoms with Gasteiger partial charge < -0.3 is 20.3 Å². The Labute approximate surface area is 137 Å². The van der Waals surface area contributed by atoms with Crippen LogP contribution in [-0.4, -0.2) is 50.5 Å². The van der Waals surface area contributed by atoms with Crippen LogP contribution in [0.1, 0.15) is 18.4 Å². The lowest BCUT2D eigenvalue weighted by molar-refractivity contribution is -0.129. The van der Waals surface area contributed by atoms with Gasteiger partial charge in [0.05, 0.1) is 13.0 Å². The first-order valence-electron chi connectivity index (χ1n) is 7.97. The summed E-state index contributed by atoms with van der Waals surface area (Å²) < 4.78 is 5.13. The van der Waals surface area contributed by atoms with Crippen molar-refractivity contribution in [3.63, 3.8) is 0 Å². The molecule has 0 radical (unpaired) electrons. The second-order valence-corrected chi connectivity index (χ2v) is 5.77. The number of hydrogen-bond donors (Lipinski definition) is 2. The number of likely N-dealkylation sites (tertiary alicyclic amines) is 1. The summed E-state index contributed by atoms with van der Waals surface area (Å²) in [5.41, 5.74) is 1.04. The lowest BCUT2D eigenvalue weighted by Crippen LogP contribution is -2.34. The molecule has 1 unspecified atom stereocenters. The maximum Gasteiger partial charge on any atom is 0.225 e. The van der Waals surface area contributed by atoms with Crippen molar-refractivity contribution in [3.8, 4) is 5.75 Å². The molecule has 0 spiro atoms. The zero-order valence-corrected chi connectivity index (χ0v) is 13.8. The lowest BCUT2D eigenvalue weighted by Gasteiger charge is -2.17. The topological polar surface area (TPSA) is 70.7 Å². The summed E-state index contributed by atoms with van der Waals surface area (Å²) >= 11 is 0. The van der Waals surface area contributed by atoms with E-state index in [1.54, 1.807) is 12.0 Å².